The van der Waals surface area contributed by atoms with Gasteiger partial charge in [0.05, 0.1) is 0 Å². The highest BCUT2D eigenvalue weighted by Gasteiger charge is 2.07. The molecule has 5 N–H and O–H groups in total. The third-order valence-electron chi connectivity index (χ3n) is 2.07. The van der Waals surface area contributed by atoms with Gasteiger partial charge in [-0.05, 0) is 12.1 Å². The second-order valence-electron chi connectivity index (χ2n) is 3.17. The summed E-state index contributed by atoms with van der Waals surface area (Å²) in [5.74, 6) is -0.0147. The molecule has 0 unspecified atom stereocenters. The number of fused-ring (bicyclic) bond motifs is 1. The molecule has 2 aromatic rings. The summed E-state index contributed by atoms with van der Waals surface area (Å²) in [4.78, 5) is 3.10. The molecular formula is C10H12N5+. The first-order valence-electron chi connectivity index (χ1n) is 4.44. The van der Waals surface area contributed by atoms with E-state index in [-0.39, 0.29) is 5.96 Å². The van der Waals surface area contributed by atoms with Gasteiger partial charge in [-0.15, -0.1) is 0 Å². The molecule has 0 saturated heterocycles. The molecule has 5 heteroatoms. The summed E-state index contributed by atoms with van der Waals surface area (Å²) in [6, 6.07) is 7.76. The van der Waals surface area contributed by atoms with Crippen molar-refractivity contribution in [1.29, 1.82) is 0 Å². The fourth-order valence-electron chi connectivity index (χ4n) is 1.40. The molecule has 0 aliphatic carbocycles. The minimum atomic E-state index is -0.0147. The summed E-state index contributed by atoms with van der Waals surface area (Å²) < 4.78 is 1.39. The zero-order valence-corrected chi connectivity index (χ0v) is 8.14. The Morgan fingerprint density at radius 2 is 2.13 bits per heavy atom. The molecule has 0 aliphatic rings. The number of nitrogens with two attached hydrogens (primary N) is 2. The van der Waals surface area contributed by atoms with Crippen LogP contribution in [0.1, 0.15) is 0 Å². The van der Waals surface area contributed by atoms with E-state index in [4.69, 9.17) is 11.5 Å². The SMILES string of the molecule is C=[N+](N=C(N)N)c1ccc2[nH]ccc2c1. The predicted molar refractivity (Wildman–Crippen MR) is 61.1 cm³/mol. The molecule has 0 bridgehead atoms. The first-order valence-corrected chi connectivity index (χ1v) is 4.44. The van der Waals surface area contributed by atoms with Crippen LogP contribution in [0.4, 0.5) is 5.69 Å². The van der Waals surface area contributed by atoms with Crippen LogP contribution < -0.4 is 11.5 Å². The largest absolute Gasteiger partial charge is 0.365 e. The average Bonchev–Trinajstić information content (AvgIpc) is 2.62. The topological polar surface area (TPSA) is 83.2 Å². The molecule has 0 radical (unpaired) electrons. The molecule has 15 heavy (non-hydrogen) atoms. The average molecular weight is 202 g/mol. The van der Waals surface area contributed by atoms with Crippen molar-refractivity contribution in [3.63, 3.8) is 0 Å². The zero-order valence-electron chi connectivity index (χ0n) is 8.14. The van der Waals surface area contributed by atoms with Gasteiger partial charge < -0.3 is 16.5 Å². The van der Waals surface area contributed by atoms with Crippen LogP contribution in [0.5, 0.6) is 0 Å². The smallest absolute Gasteiger partial charge is 0.257 e. The Kier molecular flexibility index (Phi) is 2.13. The van der Waals surface area contributed by atoms with Crippen molar-refractivity contribution < 1.29 is 4.68 Å². The number of hydrogen-bond acceptors (Lipinski definition) is 1. The summed E-state index contributed by atoms with van der Waals surface area (Å²) in [6.45, 7) is 3.72. The van der Waals surface area contributed by atoms with Crippen LogP contribution in [0.15, 0.2) is 35.6 Å². The molecule has 5 nitrogen and oxygen atoms in total. The third-order valence-corrected chi connectivity index (χ3v) is 2.07. The molecule has 0 fully saturated rings. The molecule has 1 aromatic heterocycles. The molecule has 0 aliphatic heterocycles. The van der Waals surface area contributed by atoms with Crippen molar-refractivity contribution in [1.82, 2.24) is 4.98 Å². The molecule has 0 atom stereocenters. The van der Waals surface area contributed by atoms with Gasteiger partial charge in [0.15, 0.2) is 6.72 Å². The highest BCUT2D eigenvalue weighted by atomic mass is 15.4. The number of guanidine groups is 1. The minimum absolute atomic E-state index is 0.0147. The lowest BCUT2D eigenvalue weighted by Crippen LogP contribution is -2.24. The minimum Gasteiger partial charge on any atom is -0.365 e. The number of nitrogens with one attached hydrogen (secondary N) is 1. The van der Waals surface area contributed by atoms with Gasteiger partial charge in [-0.3, -0.25) is 0 Å². The van der Waals surface area contributed by atoms with Gasteiger partial charge in [0.2, 0.25) is 5.69 Å². The number of benzene rings is 1. The molecular weight excluding hydrogens is 190 g/mol. The van der Waals surface area contributed by atoms with E-state index in [0.717, 1.165) is 16.6 Å². The number of aromatic nitrogens is 1. The van der Waals surface area contributed by atoms with Crippen LogP contribution >= 0.6 is 0 Å². The van der Waals surface area contributed by atoms with E-state index in [2.05, 4.69) is 16.8 Å². The number of rotatable bonds is 2. The van der Waals surface area contributed by atoms with Gasteiger partial charge in [0.1, 0.15) is 0 Å². The fraction of sp³-hybridized carbons (Fsp3) is 0. The maximum Gasteiger partial charge on any atom is 0.257 e. The highest BCUT2D eigenvalue weighted by Crippen LogP contribution is 2.19. The van der Waals surface area contributed by atoms with Crippen molar-refractivity contribution in [2.75, 3.05) is 0 Å². The number of hydrogen-bond donors (Lipinski definition) is 3. The van der Waals surface area contributed by atoms with E-state index in [1.807, 2.05) is 30.5 Å². The predicted octanol–water partition coefficient (Wildman–Crippen LogP) is 0.701. The first-order chi connectivity index (χ1) is 7.16. The summed E-state index contributed by atoms with van der Waals surface area (Å²) in [6.07, 6.45) is 1.88. The lowest BCUT2D eigenvalue weighted by atomic mass is 10.2. The van der Waals surface area contributed by atoms with Gasteiger partial charge in [0.25, 0.3) is 5.96 Å². The Bertz CT molecular complexity index is 533. The summed E-state index contributed by atoms with van der Waals surface area (Å²) >= 11 is 0. The Balaban J connectivity index is 2.44. The van der Waals surface area contributed by atoms with Gasteiger partial charge in [-0.1, -0.05) is 4.68 Å². The van der Waals surface area contributed by atoms with E-state index >= 15 is 0 Å². The van der Waals surface area contributed by atoms with Crippen LogP contribution in [-0.4, -0.2) is 22.3 Å². The maximum absolute atomic E-state index is 5.26. The number of aromatic amines is 1. The first kappa shape index (κ1) is 9.26. The lowest BCUT2D eigenvalue weighted by Gasteiger charge is -1.94. The van der Waals surface area contributed by atoms with Gasteiger partial charge in [-0.2, -0.15) is 0 Å². The number of H-pyrrole nitrogens is 1. The Morgan fingerprint density at radius 1 is 1.33 bits per heavy atom. The normalized spacial score (nSPS) is 10.1. The molecule has 1 heterocycles. The van der Waals surface area contributed by atoms with Crippen LogP contribution in [-0.2, 0) is 0 Å². The molecule has 1 aromatic carbocycles. The second-order valence-corrected chi connectivity index (χ2v) is 3.17. The van der Waals surface area contributed by atoms with Gasteiger partial charge >= 0.3 is 0 Å². The monoisotopic (exact) mass is 202 g/mol. The van der Waals surface area contributed by atoms with Crippen molar-refractivity contribution in [2.24, 2.45) is 16.6 Å². The maximum atomic E-state index is 5.26. The summed E-state index contributed by atoms with van der Waals surface area (Å²) in [7, 11) is 0. The van der Waals surface area contributed by atoms with Crippen molar-refractivity contribution >= 4 is 29.3 Å². The Hall–Kier alpha value is -2.30. The van der Waals surface area contributed by atoms with E-state index in [0.29, 0.717) is 0 Å². The second kappa shape index (κ2) is 3.45. The standard InChI is InChI=1S/C10H12N5/c1-15(14-10(11)12)8-2-3-9-7(6-8)4-5-13-9/h2-6,13H,1H2,(H4,11,12,14)/q+1. The van der Waals surface area contributed by atoms with Gasteiger partial charge in [0, 0.05) is 34.3 Å². The Morgan fingerprint density at radius 3 is 2.87 bits per heavy atom. The van der Waals surface area contributed by atoms with Crippen LogP contribution in [0.25, 0.3) is 10.9 Å². The zero-order chi connectivity index (χ0) is 10.8. The molecule has 76 valence electrons. The molecule has 0 saturated carbocycles. The van der Waals surface area contributed by atoms with Crippen LogP contribution in [0.2, 0.25) is 0 Å². The summed E-state index contributed by atoms with van der Waals surface area (Å²) in [5.41, 5.74) is 12.4. The quantitative estimate of drug-likeness (QED) is 0.290. The highest BCUT2D eigenvalue weighted by molar-refractivity contribution is 5.81. The van der Waals surface area contributed by atoms with Crippen molar-refractivity contribution in [2.45, 2.75) is 0 Å². The fourth-order valence-corrected chi connectivity index (χ4v) is 1.40. The number of hydrazone groups is 1. The third kappa shape index (κ3) is 1.80. The molecule has 0 amide bonds. The van der Waals surface area contributed by atoms with Crippen LogP contribution in [0.3, 0.4) is 0 Å². The molecule has 0 spiro atoms. The lowest BCUT2D eigenvalue weighted by molar-refractivity contribution is -0.436. The van der Waals surface area contributed by atoms with Crippen molar-refractivity contribution in [3.05, 3.63) is 30.5 Å². The van der Waals surface area contributed by atoms with Crippen molar-refractivity contribution in [3.8, 4) is 0 Å². The van der Waals surface area contributed by atoms with E-state index < -0.39 is 0 Å². The summed E-state index contributed by atoms with van der Waals surface area (Å²) in [5, 5.41) is 4.91. The van der Waals surface area contributed by atoms with E-state index in [9.17, 15) is 0 Å². The van der Waals surface area contributed by atoms with E-state index in [1.165, 1.54) is 4.68 Å². The van der Waals surface area contributed by atoms with E-state index in [1.54, 1.807) is 0 Å². The van der Waals surface area contributed by atoms with Gasteiger partial charge in [-0.25, -0.2) is 0 Å². The number of nitrogens with zero attached hydrogens (tertiary/aromatic N) is 2. The van der Waals surface area contributed by atoms with Crippen LogP contribution in [0, 0.1) is 0 Å². The molecule has 2 rings (SSSR count). The Labute approximate surface area is 86.7 Å².